The maximum Gasteiger partial charge on any atom is 0.240 e. The molecule has 0 aliphatic carbocycles. The molecule has 1 atom stereocenters. The van der Waals surface area contributed by atoms with Crippen molar-refractivity contribution in [3.05, 3.63) is 29.8 Å². The highest BCUT2D eigenvalue weighted by Gasteiger charge is 2.22. The molecule has 1 aromatic rings. The molecule has 0 radical (unpaired) electrons. The fourth-order valence-corrected chi connectivity index (χ4v) is 3.68. The predicted molar refractivity (Wildman–Crippen MR) is 82.6 cm³/mol. The van der Waals surface area contributed by atoms with Crippen LogP contribution in [-0.2, 0) is 21.3 Å². The maximum absolute atomic E-state index is 12.4. The summed E-state index contributed by atoms with van der Waals surface area (Å²) in [5.74, 6) is 0. The lowest BCUT2D eigenvalue weighted by Crippen LogP contribution is -2.40. The Hall–Kier alpha value is -0.950. The van der Waals surface area contributed by atoms with Gasteiger partial charge in [-0.2, -0.15) is 0 Å². The second-order valence-electron chi connectivity index (χ2n) is 5.36. The van der Waals surface area contributed by atoms with E-state index in [0.717, 1.165) is 38.0 Å². The van der Waals surface area contributed by atoms with Crippen molar-refractivity contribution in [2.24, 2.45) is 0 Å². The van der Waals surface area contributed by atoms with Crippen molar-refractivity contribution < 1.29 is 13.2 Å². The molecule has 1 unspecified atom stereocenters. The normalized spacial score (nSPS) is 19.6. The second kappa shape index (κ2) is 7.89. The lowest BCUT2D eigenvalue weighted by Gasteiger charge is -2.23. The molecule has 1 fully saturated rings. The minimum absolute atomic E-state index is 0.120. The molecule has 1 heterocycles. The van der Waals surface area contributed by atoms with Crippen LogP contribution in [0.15, 0.2) is 29.2 Å². The Morgan fingerprint density at radius 1 is 1.38 bits per heavy atom. The van der Waals surface area contributed by atoms with E-state index >= 15 is 0 Å². The van der Waals surface area contributed by atoms with Gasteiger partial charge in [0.1, 0.15) is 0 Å². The predicted octanol–water partition coefficient (Wildman–Crippen LogP) is 1.64. The molecule has 1 aromatic carbocycles. The van der Waals surface area contributed by atoms with Gasteiger partial charge >= 0.3 is 0 Å². The Labute approximate surface area is 127 Å². The molecule has 0 saturated carbocycles. The van der Waals surface area contributed by atoms with Gasteiger partial charge in [0.05, 0.1) is 11.5 Å². The summed E-state index contributed by atoms with van der Waals surface area (Å²) in [7, 11) is -3.47. The first kappa shape index (κ1) is 16.4. The first-order valence-electron chi connectivity index (χ1n) is 7.51. The SMILES string of the molecule is CCCNCc1cccc(S(=O)(=O)NC2CCCOC2)c1. The summed E-state index contributed by atoms with van der Waals surface area (Å²) < 4.78 is 32.8. The van der Waals surface area contributed by atoms with E-state index in [1.54, 1.807) is 18.2 Å². The summed E-state index contributed by atoms with van der Waals surface area (Å²) in [6.07, 6.45) is 2.78. The Morgan fingerprint density at radius 2 is 2.24 bits per heavy atom. The second-order valence-corrected chi connectivity index (χ2v) is 7.07. The number of ether oxygens (including phenoxy) is 1. The monoisotopic (exact) mass is 312 g/mol. The van der Waals surface area contributed by atoms with Crippen LogP contribution < -0.4 is 10.0 Å². The molecule has 1 aliphatic rings. The zero-order valence-corrected chi connectivity index (χ0v) is 13.3. The van der Waals surface area contributed by atoms with Crippen LogP contribution in [0.1, 0.15) is 31.7 Å². The van der Waals surface area contributed by atoms with Gasteiger partial charge in [-0.15, -0.1) is 0 Å². The molecule has 2 N–H and O–H groups in total. The van der Waals surface area contributed by atoms with E-state index in [1.807, 2.05) is 6.07 Å². The fourth-order valence-electron chi connectivity index (χ4n) is 2.35. The molecule has 0 bridgehead atoms. The number of benzene rings is 1. The molecule has 0 aromatic heterocycles. The highest BCUT2D eigenvalue weighted by atomic mass is 32.2. The molecule has 118 valence electrons. The Kier molecular flexibility index (Phi) is 6.17. The van der Waals surface area contributed by atoms with Crippen LogP contribution in [0.5, 0.6) is 0 Å². The average molecular weight is 312 g/mol. The molecule has 21 heavy (non-hydrogen) atoms. The summed E-state index contributed by atoms with van der Waals surface area (Å²) in [6.45, 7) is 4.89. The standard InChI is InChI=1S/C15H24N2O3S/c1-2-8-16-11-13-5-3-7-15(10-13)21(18,19)17-14-6-4-9-20-12-14/h3,5,7,10,14,16-17H,2,4,6,8-9,11-12H2,1H3. The fraction of sp³-hybridized carbons (Fsp3) is 0.600. The highest BCUT2D eigenvalue weighted by Crippen LogP contribution is 2.14. The summed E-state index contributed by atoms with van der Waals surface area (Å²) in [4.78, 5) is 0.323. The molecule has 0 spiro atoms. The molecule has 2 rings (SSSR count). The lowest BCUT2D eigenvalue weighted by molar-refractivity contribution is 0.0774. The van der Waals surface area contributed by atoms with Crippen LogP contribution in [0.25, 0.3) is 0 Å². The molecular weight excluding hydrogens is 288 g/mol. The molecule has 6 heteroatoms. The van der Waals surface area contributed by atoms with Crippen molar-refractivity contribution in [3.8, 4) is 0 Å². The van der Waals surface area contributed by atoms with Gasteiger partial charge in [-0.1, -0.05) is 19.1 Å². The maximum atomic E-state index is 12.4. The van der Waals surface area contributed by atoms with Gasteiger partial charge in [0.25, 0.3) is 0 Å². The third-order valence-corrected chi connectivity index (χ3v) is 4.96. The van der Waals surface area contributed by atoms with Crippen molar-refractivity contribution in [1.29, 1.82) is 0 Å². The van der Waals surface area contributed by atoms with E-state index in [1.165, 1.54) is 0 Å². The van der Waals surface area contributed by atoms with Crippen molar-refractivity contribution in [2.75, 3.05) is 19.8 Å². The van der Waals surface area contributed by atoms with Crippen LogP contribution in [0.4, 0.5) is 0 Å². The summed E-state index contributed by atoms with van der Waals surface area (Å²) in [5.41, 5.74) is 0.978. The summed E-state index contributed by atoms with van der Waals surface area (Å²) in [5, 5.41) is 3.28. The number of rotatable bonds is 7. The largest absolute Gasteiger partial charge is 0.380 e. The minimum Gasteiger partial charge on any atom is -0.380 e. The average Bonchev–Trinajstić information content (AvgIpc) is 2.48. The number of hydrogen-bond donors (Lipinski definition) is 2. The Balaban J connectivity index is 2.02. The van der Waals surface area contributed by atoms with Crippen molar-refractivity contribution in [2.45, 2.75) is 43.7 Å². The number of nitrogens with one attached hydrogen (secondary N) is 2. The summed E-state index contributed by atoms with van der Waals surface area (Å²) >= 11 is 0. The van der Waals surface area contributed by atoms with Gasteiger partial charge in [0.2, 0.25) is 10.0 Å². The van der Waals surface area contributed by atoms with Gasteiger partial charge in [0.15, 0.2) is 0 Å². The zero-order valence-electron chi connectivity index (χ0n) is 12.5. The van der Waals surface area contributed by atoms with Gasteiger partial charge in [0, 0.05) is 19.2 Å². The van der Waals surface area contributed by atoms with E-state index < -0.39 is 10.0 Å². The van der Waals surface area contributed by atoms with Gasteiger partial charge in [-0.3, -0.25) is 0 Å². The molecule has 1 saturated heterocycles. The number of sulfonamides is 1. The quantitative estimate of drug-likeness (QED) is 0.751. The van der Waals surface area contributed by atoms with Crippen LogP contribution in [-0.4, -0.2) is 34.2 Å². The van der Waals surface area contributed by atoms with E-state index in [9.17, 15) is 8.42 Å². The lowest BCUT2D eigenvalue weighted by atomic mass is 10.1. The topological polar surface area (TPSA) is 67.4 Å². The van der Waals surface area contributed by atoms with Gasteiger partial charge in [-0.05, 0) is 43.5 Å². The Morgan fingerprint density at radius 3 is 2.95 bits per heavy atom. The van der Waals surface area contributed by atoms with Crippen LogP contribution in [0.3, 0.4) is 0 Å². The first-order valence-corrected chi connectivity index (χ1v) is 9.00. The highest BCUT2D eigenvalue weighted by molar-refractivity contribution is 7.89. The third kappa shape index (κ3) is 5.07. The third-order valence-electron chi connectivity index (χ3n) is 3.45. The molecule has 1 aliphatic heterocycles. The zero-order chi connectivity index (χ0) is 15.1. The van der Waals surface area contributed by atoms with Gasteiger partial charge < -0.3 is 10.1 Å². The molecule has 0 amide bonds. The van der Waals surface area contributed by atoms with E-state index in [2.05, 4.69) is 17.0 Å². The molecular formula is C15H24N2O3S. The number of hydrogen-bond acceptors (Lipinski definition) is 4. The van der Waals surface area contributed by atoms with Crippen molar-refractivity contribution in [3.63, 3.8) is 0 Å². The summed E-state index contributed by atoms with van der Waals surface area (Å²) in [6, 6.07) is 6.97. The smallest absolute Gasteiger partial charge is 0.240 e. The van der Waals surface area contributed by atoms with Crippen LogP contribution in [0, 0.1) is 0 Å². The van der Waals surface area contributed by atoms with E-state index in [-0.39, 0.29) is 6.04 Å². The first-order chi connectivity index (χ1) is 10.1. The van der Waals surface area contributed by atoms with Crippen LogP contribution in [0.2, 0.25) is 0 Å². The minimum atomic E-state index is -3.47. The van der Waals surface area contributed by atoms with E-state index in [4.69, 9.17) is 4.74 Å². The van der Waals surface area contributed by atoms with E-state index in [0.29, 0.717) is 18.0 Å². The van der Waals surface area contributed by atoms with Gasteiger partial charge in [-0.25, -0.2) is 13.1 Å². The van der Waals surface area contributed by atoms with Crippen molar-refractivity contribution in [1.82, 2.24) is 10.0 Å². The molecule has 5 nitrogen and oxygen atoms in total. The van der Waals surface area contributed by atoms with Crippen LogP contribution >= 0.6 is 0 Å². The Bertz CT molecular complexity index is 540. The van der Waals surface area contributed by atoms with Crippen molar-refractivity contribution >= 4 is 10.0 Å².